The van der Waals surface area contributed by atoms with Crippen LogP contribution in [0.15, 0.2) is 16.6 Å². The SMILES string of the molecule is COC(=O)C(Br)CNc1cc(Br)c(F)cc1C. The zero-order valence-corrected chi connectivity index (χ0v) is 12.6. The Balaban J connectivity index is 2.70. The summed E-state index contributed by atoms with van der Waals surface area (Å²) in [6.45, 7) is 2.16. The third-order valence-electron chi connectivity index (χ3n) is 2.20. The first-order valence-electron chi connectivity index (χ1n) is 4.87. The Kier molecular flexibility index (Phi) is 5.39. The van der Waals surface area contributed by atoms with Gasteiger partial charge in [-0.1, -0.05) is 15.9 Å². The number of anilines is 1. The Morgan fingerprint density at radius 1 is 1.59 bits per heavy atom. The number of aryl methyl sites for hydroxylation is 1. The van der Waals surface area contributed by atoms with Gasteiger partial charge in [0.25, 0.3) is 0 Å². The molecule has 0 saturated heterocycles. The van der Waals surface area contributed by atoms with Crippen molar-refractivity contribution in [1.29, 1.82) is 0 Å². The number of halogens is 3. The maximum Gasteiger partial charge on any atom is 0.321 e. The molecule has 1 atom stereocenters. The smallest absolute Gasteiger partial charge is 0.321 e. The van der Waals surface area contributed by atoms with E-state index in [1.807, 2.05) is 0 Å². The zero-order valence-electron chi connectivity index (χ0n) is 9.39. The lowest BCUT2D eigenvalue weighted by Gasteiger charge is -2.13. The molecule has 0 heterocycles. The van der Waals surface area contributed by atoms with E-state index in [2.05, 4.69) is 41.9 Å². The zero-order chi connectivity index (χ0) is 13.0. The average Bonchev–Trinajstić information content (AvgIpc) is 2.30. The molecule has 0 aliphatic heterocycles. The van der Waals surface area contributed by atoms with E-state index in [1.54, 1.807) is 13.0 Å². The van der Waals surface area contributed by atoms with Crippen LogP contribution in [-0.4, -0.2) is 24.5 Å². The van der Waals surface area contributed by atoms with Crippen molar-refractivity contribution in [2.24, 2.45) is 0 Å². The van der Waals surface area contributed by atoms with Crippen molar-refractivity contribution in [3.63, 3.8) is 0 Å². The van der Waals surface area contributed by atoms with Crippen LogP contribution in [0, 0.1) is 12.7 Å². The number of hydrogen-bond donors (Lipinski definition) is 1. The number of methoxy groups -OCH3 is 1. The van der Waals surface area contributed by atoms with Crippen molar-refractivity contribution in [2.75, 3.05) is 19.0 Å². The van der Waals surface area contributed by atoms with Gasteiger partial charge in [0.2, 0.25) is 0 Å². The average molecular weight is 369 g/mol. The van der Waals surface area contributed by atoms with E-state index >= 15 is 0 Å². The van der Waals surface area contributed by atoms with E-state index in [9.17, 15) is 9.18 Å². The van der Waals surface area contributed by atoms with Crippen LogP contribution in [-0.2, 0) is 9.53 Å². The van der Waals surface area contributed by atoms with Gasteiger partial charge in [-0.3, -0.25) is 4.79 Å². The van der Waals surface area contributed by atoms with E-state index in [4.69, 9.17) is 0 Å². The lowest BCUT2D eigenvalue weighted by Crippen LogP contribution is -2.24. The van der Waals surface area contributed by atoms with E-state index in [0.717, 1.165) is 11.3 Å². The molecule has 1 aromatic rings. The monoisotopic (exact) mass is 367 g/mol. The second-order valence-electron chi connectivity index (χ2n) is 3.45. The van der Waals surface area contributed by atoms with Gasteiger partial charge in [0.15, 0.2) is 0 Å². The Bertz CT molecular complexity index is 426. The summed E-state index contributed by atoms with van der Waals surface area (Å²) in [5, 5.41) is 3.05. The van der Waals surface area contributed by atoms with Gasteiger partial charge in [-0.25, -0.2) is 4.39 Å². The highest BCUT2D eigenvalue weighted by atomic mass is 79.9. The molecule has 1 aromatic carbocycles. The van der Waals surface area contributed by atoms with Gasteiger partial charge >= 0.3 is 5.97 Å². The summed E-state index contributed by atoms with van der Waals surface area (Å²) in [4.78, 5) is 10.7. The van der Waals surface area contributed by atoms with Crippen molar-refractivity contribution in [2.45, 2.75) is 11.8 Å². The molecule has 1 N–H and O–H groups in total. The van der Waals surface area contributed by atoms with Gasteiger partial charge in [-0.15, -0.1) is 0 Å². The number of rotatable bonds is 4. The fourth-order valence-corrected chi connectivity index (χ4v) is 1.94. The van der Waals surface area contributed by atoms with Crippen LogP contribution in [0.3, 0.4) is 0 Å². The van der Waals surface area contributed by atoms with Crippen LogP contribution in [0.1, 0.15) is 5.56 Å². The highest BCUT2D eigenvalue weighted by molar-refractivity contribution is 9.10. The number of nitrogens with one attached hydrogen (secondary N) is 1. The molecule has 0 fully saturated rings. The summed E-state index contributed by atoms with van der Waals surface area (Å²) in [7, 11) is 1.33. The predicted molar refractivity (Wildman–Crippen MR) is 72.1 cm³/mol. The minimum absolute atomic E-state index is 0.309. The molecule has 0 aromatic heterocycles. The number of benzene rings is 1. The second kappa shape index (κ2) is 6.35. The highest BCUT2D eigenvalue weighted by Gasteiger charge is 2.15. The molecular formula is C11H12Br2FNO2. The summed E-state index contributed by atoms with van der Waals surface area (Å²) in [5.41, 5.74) is 1.54. The third kappa shape index (κ3) is 3.96. The second-order valence-corrected chi connectivity index (χ2v) is 5.41. The first kappa shape index (κ1) is 14.4. The van der Waals surface area contributed by atoms with Crippen molar-refractivity contribution in [3.8, 4) is 0 Å². The Morgan fingerprint density at radius 3 is 2.82 bits per heavy atom. The molecule has 0 bridgehead atoms. The van der Waals surface area contributed by atoms with E-state index in [1.165, 1.54) is 13.2 Å². The van der Waals surface area contributed by atoms with Gasteiger partial charge in [0, 0.05) is 12.2 Å². The van der Waals surface area contributed by atoms with Crippen LogP contribution in [0.25, 0.3) is 0 Å². The molecule has 0 saturated carbocycles. The molecule has 0 spiro atoms. The topological polar surface area (TPSA) is 38.3 Å². The van der Waals surface area contributed by atoms with Gasteiger partial charge in [-0.2, -0.15) is 0 Å². The van der Waals surface area contributed by atoms with Crippen LogP contribution >= 0.6 is 31.9 Å². The molecule has 1 rings (SSSR count). The van der Waals surface area contributed by atoms with Gasteiger partial charge in [0.05, 0.1) is 11.6 Å². The van der Waals surface area contributed by atoms with Gasteiger partial charge < -0.3 is 10.1 Å². The summed E-state index contributed by atoms with van der Waals surface area (Å²) in [6.07, 6.45) is 0. The van der Waals surface area contributed by atoms with Crippen LogP contribution in [0.2, 0.25) is 0 Å². The molecule has 0 aliphatic carbocycles. The first-order chi connectivity index (χ1) is 7.95. The molecular weight excluding hydrogens is 357 g/mol. The Hall–Kier alpha value is -0.620. The lowest BCUT2D eigenvalue weighted by molar-refractivity contribution is -0.139. The molecule has 0 aliphatic rings. The Morgan fingerprint density at radius 2 is 2.24 bits per heavy atom. The maximum absolute atomic E-state index is 13.2. The summed E-state index contributed by atoms with van der Waals surface area (Å²) >= 11 is 6.31. The van der Waals surface area contributed by atoms with Crippen molar-refractivity contribution in [3.05, 3.63) is 28.0 Å². The lowest BCUT2D eigenvalue weighted by atomic mass is 10.2. The number of carbonyl (C=O) groups excluding carboxylic acids is 1. The van der Waals surface area contributed by atoms with E-state index < -0.39 is 4.83 Å². The molecule has 3 nitrogen and oxygen atoms in total. The number of hydrogen-bond acceptors (Lipinski definition) is 3. The Labute approximate surface area is 116 Å². The number of esters is 1. The molecule has 1 unspecified atom stereocenters. The molecule has 17 heavy (non-hydrogen) atoms. The van der Waals surface area contributed by atoms with Crippen LogP contribution in [0.4, 0.5) is 10.1 Å². The van der Waals surface area contributed by atoms with Crippen LogP contribution in [0.5, 0.6) is 0 Å². The first-order valence-corrected chi connectivity index (χ1v) is 6.58. The quantitative estimate of drug-likeness (QED) is 0.654. The largest absolute Gasteiger partial charge is 0.468 e. The minimum atomic E-state index is -0.435. The fraction of sp³-hybridized carbons (Fsp3) is 0.364. The van der Waals surface area contributed by atoms with Crippen molar-refractivity contribution < 1.29 is 13.9 Å². The maximum atomic E-state index is 13.2. The van der Waals surface area contributed by atoms with E-state index in [-0.39, 0.29) is 11.8 Å². The summed E-state index contributed by atoms with van der Waals surface area (Å²) < 4.78 is 18.1. The number of carbonyl (C=O) groups is 1. The van der Waals surface area contributed by atoms with Crippen molar-refractivity contribution in [1.82, 2.24) is 0 Å². The molecule has 94 valence electrons. The van der Waals surface area contributed by atoms with Gasteiger partial charge in [0.1, 0.15) is 10.6 Å². The van der Waals surface area contributed by atoms with Crippen LogP contribution < -0.4 is 5.32 Å². The highest BCUT2D eigenvalue weighted by Crippen LogP contribution is 2.24. The predicted octanol–water partition coefficient (Wildman–Crippen LogP) is 3.25. The third-order valence-corrected chi connectivity index (χ3v) is 3.50. The summed E-state index contributed by atoms with van der Waals surface area (Å²) in [5.74, 6) is -0.659. The molecule has 6 heteroatoms. The van der Waals surface area contributed by atoms with E-state index in [0.29, 0.717) is 11.0 Å². The normalized spacial score (nSPS) is 12.1. The van der Waals surface area contributed by atoms with Crippen molar-refractivity contribution >= 4 is 43.5 Å². The standard InChI is InChI=1S/C11H12Br2FNO2/c1-6-3-9(14)7(12)4-10(6)15-5-8(13)11(16)17-2/h3-4,8,15H,5H2,1-2H3. The number of alkyl halides is 1. The fourth-order valence-electron chi connectivity index (χ4n) is 1.25. The number of ether oxygens (including phenoxy) is 1. The molecule has 0 radical (unpaired) electrons. The minimum Gasteiger partial charge on any atom is -0.468 e. The molecule has 0 amide bonds. The summed E-state index contributed by atoms with van der Waals surface area (Å²) in [6, 6.07) is 3.06. The van der Waals surface area contributed by atoms with Gasteiger partial charge in [-0.05, 0) is 40.5 Å².